The normalized spacial score (nSPS) is 11.9. The van der Waals surface area contributed by atoms with Crippen molar-refractivity contribution in [3.8, 4) is 5.75 Å². The Balaban J connectivity index is 2.63. The molecule has 1 aromatic rings. The number of unbranched alkanes of at least 4 members (excludes halogenated alkanes) is 3. The number of carbonyl (C=O) groups is 1. The van der Waals surface area contributed by atoms with Crippen LogP contribution >= 0.6 is 0 Å². The van der Waals surface area contributed by atoms with E-state index in [-0.39, 0.29) is 11.7 Å². The Bertz CT molecular complexity index is 406. The lowest BCUT2D eigenvalue weighted by Crippen LogP contribution is -2.14. The van der Waals surface area contributed by atoms with E-state index in [2.05, 4.69) is 13.5 Å². The summed E-state index contributed by atoms with van der Waals surface area (Å²) in [4.78, 5) is 12.5. The zero-order valence-electron chi connectivity index (χ0n) is 12.7. The first kappa shape index (κ1) is 16.5. The van der Waals surface area contributed by atoms with E-state index in [1.165, 1.54) is 19.3 Å². The quantitative estimate of drug-likeness (QED) is 0.339. The van der Waals surface area contributed by atoms with Gasteiger partial charge >= 0.3 is 0 Å². The molecule has 0 N–H and O–H groups in total. The molecule has 0 spiro atoms. The number of ether oxygens (including phenoxy) is 1. The van der Waals surface area contributed by atoms with Gasteiger partial charge in [-0.2, -0.15) is 0 Å². The lowest BCUT2D eigenvalue weighted by atomic mass is 9.89. The highest BCUT2D eigenvalue weighted by Crippen LogP contribution is 2.21. The van der Waals surface area contributed by atoms with Crippen LogP contribution < -0.4 is 4.74 Å². The van der Waals surface area contributed by atoms with E-state index in [9.17, 15) is 4.79 Å². The van der Waals surface area contributed by atoms with Gasteiger partial charge in [-0.3, -0.25) is 4.79 Å². The van der Waals surface area contributed by atoms with E-state index < -0.39 is 0 Å². The number of ketones is 1. The molecule has 0 heterocycles. The second kappa shape index (κ2) is 9.35. The van der Waals surface area contributed by atoms with Crippen LogP contribution in [0.5, 0.6) is 5.75 Å². The molecule has 0 bridgehead atoms. The Kier molecular flexibility index (Phi) is 7.71. The molecule has 2 nitrogen and oxygen atoms in total. The Morgan fingerprint density at radius 1 is 1.25 bits per heavy atom. The maximum absolute atomic E-state index is 12.5. The van der Waals surface area contributed by atoms with E-state index in [4.69, 9.17) is 4.74 Å². The van der Waals surface area contributed by atoms with Gasteiger partial charge in [-0.05, 0) is 37.1 Å². The Labute approximate surface area is 122 Å². The van der Waals surface area contributed by atoms with Crippen LogP contribution in [0.3, 0.4) is 0 Å². The fraction of sp³-hybridized carbons (Fsp3) is 0.500. The third kappa shape index (κ3) is 5.20. The molecule has 110 valence electrons. The molecule has 0 saturated heterocycles. The second-order valence-corrected chi connectivity index (χ2v) is 5.16. The Morgan fingerprint density at radius 2 is 1.95 bits per heavy atom. The SMILES string of the molecule is C=CCC(CCCCCC)C(=O)c1ccc(OC)cc1. The van der Waals surface area contributed by atoms with E-state index in [0.29, 0.717) is 0 Å². The lowest BCUT2D eigenvalue weighted by Gasteiger charge is -2.14. The molecule has 0 aliphatic carbocycles. The minimum atomic E-state index is 0.0674. The van der Waals surface area contributed by atoms with Crippen molar-refractivity contribution in [2.75, 3.05) is 7.11 Å². The molecule has 20 heavy (non-hydrogen) atoms. The maximum Gasteiger partial charge on any atom is 0.166 e. The predicted molar refractivity (Wildman–Crippen MR) is 84.4 cm³/mol. The summed E-state index contributed by atoms with van der Waals surface area (Å²) in [6.07, 6.45) is 8.37. The number of allylic oxidation sites excluding steroid dienone is 1. The number of hydrogen-bond donors (Lipinski definition) is 0. The monoisotopic (exact) mass is 274 g/mol. The van der Waals surface area contributed by atoms with Crippen LogP contribution in [0.4, 0.5) is 0 Å². The van der Waals surface area contributed by atoms with Gasteiger partial charge in [0.25, 0.3) is 0 Å². The van der Waals surface area contributed by atoms with Gasteiger partial charge < -0.3 is 4.74 Å². The molecular formula is C18H26O2. The largest absolute Gasteiger partial charge is 0.497 e. The van der Waals surface area contributed by atoms with Crippen LogP contribution in [0.25, 0.3) is 0 Å². The summed E-state index contributed by atoms with van der Waals surface area (Å²) in [5.74, 6) is 1.08. The van der Waals surface area contributed by atoms with E-state index in [1.54, 1.807) is 7.11 Å². The molecule has 2 heteroatoms. The number of Topliss-reactive ketones (excluding diaryl/α,β-unsaturated/α-hetero) is 1. The van der Waals surface area contributed by atoms with Crippen molar-refractivity contribution < 1.29 is 9.53 Å². The third-order valence-corrected chi connectivity index (χ3v) is 3.60. The number of methoxy groups -OCH3 is 1. The molecule has 0 radical (unpaired) electrons. The highest BCUT2D eigenvalue weighted by atomic mass is 16.5. The fourth-order valence-electron chi connectivity index (χ4n) is 2.37. The summed E-state index contributed by atoms with van der Waals surface area (Å²) in [6.45, 7) is 5.97. The van der Waals surface area contributed by atoms with Crippen LogP contribution in [-0.4, -0.2) is 12.9 Å². The van der Waals surface area contributed by atoms with Crippen molar-refractivity contribution in [3.63, 3.8) is 0 Å². The summed E-state index contributed by atoms with van der Waals surface area (Å²) in [7, 11) is 1.63. The molecule has 1 unspecified atom stereocenters. The lowest BCUT2D eigenvalue weighted by molar-refractivity contribution is 0.0912. The van der Waals surface area contributed by atoms with Crippen molar-refractivity contribution >= 4 is 5.78 Å². The van der Waals surface area contributed by atoms with Crippen molar-refractivity contribution in [1.82, 2.24) is 0 Å². The Morgan fingerprint density at radius 3 is 2.50 bits per heavy atom. The summed E-state index contributed by atoms with van der Waals surface area (Å²) in [5, 5.41) is 0. The summed E-state index contributed by atoms with van der Waals surface area (Å²) in [6, 6.07) is 7.39. The first-order valence-corrected chi connectivity index (χ1v) is 7.52. The molecule has 1 rings (SSSR count). The zero-order valence-corrected chi connectivity index (χ0v) is 12.7. The Hall–Kier alpha value is -1.57. The van der Waals surface area contributed by atoms with Crippen molar-refractivity contribution in [2.24, 2.45) is 5.92 Å². The molecular weight excluding hydrogens is 248 g/mol. The van der Waals surface area contributed by atoms with Crippen LogP contribution in [0.1, 0.15) is 55.8 Å². The molecule has 0 aliphatic heterocycles. The van der Waals surface area contributed by atoms with Gasteiger partial charge in [0.15, 0.2) is 5.78 Å². The van der Waals surface area contributed by atoms with Crippen LogP contribution in [0.2, 0.25) is 0 Å². The predicted octanol–water partition coefficient (Wildman–Crippen LogP) is 5.04. The van der Waals surface area contributed by atoms with Crippen LogP contribution in [-0.2, 0) is 0 Å². The number of rotatable bonds is 10. The fourth-order valence-corrected chi connectivity index (χ4v) is 2.37. The molecule has 1 atom stereocenters. The number of carbonyl (C=O) groups excluding carboxylic acids is 1. The van der Waals surface area contributed by atoms with Crippen LogP contribution in [0, 0.1) is 5.92 Å². The smallest absolute Gasteiger partial charge is 0.166 e. The topological polar surface area (TPSA) is 26.3 Å². The maximum atomic E-state index is 12.5. The van der Waals surface area contributed by atoms with Gasteiger partial charge in [-0.15, -0.1) is 6.58 Å². The minimum absolute atomic E-state index is 0.0674. The standard InChI is InChI=1S/C18H26O2/c1-4-6-7-8-10-15(9-5-2)18(19)16-11-13-17(20-3)14-12-16/h5,11-15H,2,4,6-10H2,1,3H3. The molecule has 0 aromatic heterocycles. The first-order chi connectivity index (χ1) is 9.72. The molecule has 0 amide bonds. The summed E-state index contributed by atoms with van der Waals surface area (Å²) >= 11 is 0. The van der Waals surface area contributed by atoms with Gasteiger partial charge in [-0.25, -0.2) is 0 Å². The van der Waals surface area contributed by atoms with E-state index >= 15 is 0 Å². The number of hydrogen-bond acceptors (Lipinski definition) is 2. The first-order valence-electron chi connectivity index (χ1n) is 7.52. The minimum Gasteiger partial charge on any atom is -0.497 e. The van der Waals surface area contributed by atoms with Gasteiger partial charge in [0.2, 0.25) is 0 Å². The van der Waals surface area contributed by atoms with Gasteiger partial charge in [-0.1, -0.05) is 38.7 Å². The molecule has 0 saturated carbocycles. The average molecular weight is 274 g/mol. The molecule has 0 aliphatic rings. The summed E-state index contributed by atoms with van der Waals surface area (Å²) < 4.78 is 5.12. The third-order valence-electron chi connectivity index (χ3n) is 3.60. The van der Waals surface area contributed by atoms with Gasteiger partial charge in [0.1, 0.15) is 5.75 Å². The van der Waals surface area contributed by atoms with Crippen molar-refractivity contribution in [2.45, 2.75) is 45.4 Å². The van der Waals surface area contributed by atoms with Crippen LogP contribution in [0.15, 0.2) is 36.9 Å². The zero-order chi connectivity index (χ0) is 14.8. The molecule has 0 fully saturated rings. The van der Waals surface area contributed by atoms with Gasteiger partial charge in [0.05, 0.1) is 7.11 Å². The second-order valence-electron chi connectivity index (χ2n) is 5.16. The molecule has 1 aromatic carbocycles. The highest BCUT2D eigenvalue weighted by molar-refractivity contribution is 5.98. The van der Waals surface area contributed by atoms with Crippen molar-refractivity contribution in [1.29, 1.82) is 0 Å². The van der Waals surface area contributed by atoms with E-state index in [0.717, 1.165) is 30.6 Å². The average Bonchev–Trinajstić information content (AvgIpc) is 2.50. The van der Waals surface area contributed by atoms with Crippen molar-refractivity contribution in [3.05, 3.63) is 42.5 Å². The highest BCUT2D eigenvalue weighted by Gasteiger charge is 2.18. The number of benzene rings is 1. The summed E-state index contributed by atoms with van der Waals surface area (Å²) in [5.41, 5.74) is 0.771. The van der Waals surface area contributed by atoms with E-state index in [1.807, 2.05) is 30.3 Å². The van der Waals surface area contributed by atoms with Gasteiger partial charge in [0, 0.05) is 11.5 Å².